The molecule has 1 saturated heterocycles. The Kier molecular flexibility index (Phi) is 3.90. The van der Waals surface area contributed by atoms with E-state index < -0.39 is 0 Å². The fourth-order valence-corrected chi connectivity index (χ4v) is 4.79. The number of rotatable bonds is 3. The van der Waals surface area contributed by atoms with Crippen LogP contribution in [0.15, 0.2) is 47.2 Å². The zero-order valence-corrected chi connectivity index (χ0v) is 16.5. The average molecular weight is 405 g/mol. The van der Waals surface area contributed by atoms with Gasteiger partial charge in [-0.25, -0.2) is 0 Å². The lowest BCUT2D eigenvalue weighted by Gasteiger charge is -2.27. The molecule has 146 valence electrons. The summed E-state index contributed by atoms with van der Waals surface area (Å²) in [5.74, 6) is 3.38. The molecule has 8 heteroatoms. The summed E-state index contributed by atoms with van der Waals surface area (Å²) in [4.78, 5) is 2.36. The van der Waals surface area contributed by atoms with E-state index in [1.54, 1.807) is 11.3 Å². The SMILES string of the molecule is c1cc(-c2nnc3ccc(N4CCCC4c4ccc5c(c4)OCCO5)nn23)cs1. The van der Waals surface area contributed by atoms with Crippen LogP contribution in [0, 0.1) is 0 Å². The number of aromatic nitrogens is 4. The highest BCUT2D eigenvalue weighted by Crippen LogP contribution is 2.39. The van der Waals surface area contributed by atoms with Crippen LogP contribution in [-0.2, 0) is 0 Å². The number of benzene rings is 1. The van der Waals surface area contributed by atoms with Gasteiger partial charge in [0.2, 0.25) is 0 Å². The van der Waals surface area contributed by atoms with E-state index in [9.17, 15) is 0 Å². The van der Waals surface area contributed by atoms with Gasteiger partial charge in [-0.05, 0) is 54.1 Å². The van der Waals surface area contributed by atoms with Crippen LogP contribution in [0.1, 0.15) is 24.4 Å². The van der Waals surface area contributed by atoms with E-state index in [-0.39, 0.29) is 6.04 Å². The van der Waals surface area contributed by atoms with Gasteiger partial charge >= 0.3 is 0 Å². The molecule has 1 unspecified atom stereocenters. The van der Waals surface area contributed by atoms with Gasteiger partial charge in [-0.1, -0.05) is 6.07 Å². The minimum atomic E-state index is 0.261. The molecule has 4 aromatic rings. The van der Waals surface area contributed by atoms with Crippen molar-refractivity contribution in [1.29, 1.82) is 0 Å². The molecule has 2 aliphatic rings. The minimum absolute atomic E-state index is 0.261. The van der Waals surface area contributed by atoms with Crippen molar-refractivity contribution in [3.8, 4) is 22.9 Å². The van der Waals surface area contributed by atoms with Crippen LogP contribution in [0.4, 0.5) is 5.82 Å². The highest BCUT2D eigenvalue weighted by molar-refractivity contribution is 7.08. The Morgan fingerprint density at radius 1 is 1.00 bits per heavy atom. The highest BCUT2D eigenvalue weighted by atomic mass is 32.1. The first-order chi connectivity index (χ1) is 14.4. The second-order valence-corrected chi connectivity index (χ2v) is 8.03. The van der Waals surface area contributed by atoms with E-state index in [1.807, 2.05) is 34.2 Å². The molecule has 0 radical (unpaired) electrons. The lowest BCUT2D eigenvalue weighted by Crippen LogP contribution is -2.24. The lowest BCUT2D eigenvalue weighted by molar-refractivity contribution is 0.171. The van der Waals surface area contributed by atoms with Crippen molar-refractivity contribution in [3.05, 3.63) is 52.7 Å². The molecular formula is C21H19N5O2S. The second-order valence-electron chi connectivity index (χ2n) is 7.25. The van der Waals surface area contributed by atoms with Crippen LogP contribution in [0.3, 0.4) is 0 Å². The van der Waals surface area contributed by atoms with Crippen LogP contribution >= 0.6 is 11.3 Å². The molecule has 3 aromatic heterocycles. The first-order valence-corrected chi connectivity index (χ1v) is 10.7. The van der Waals surface area contributed by atoms with Gasteiger partial charge in [-0.15, -0.1) is 15.3 Å². The molecule has 0 N–H and O–H groups in total. The van der Waals surface area contributed by atoms with Crippen LogP contribution in [-0.4, -0.2) is 39.6 Å². The summed E-state index contributed by atoms with van der Waals surface area (Å²) >= 11 is 1.64. The molecular weight excluding hydrogens is 386 g/mol. The summed E-state index contributed by atoms with van der Waals surface area (Å²) in [5, 5.41) is 17.6. The Morgan fingerprint density at radius 2 is 1.93 bits per heavy atom. The van der Waals surface area contributed by atoms with Gasteiger partial charge in [0.1, 0.15) is 19.0 Å². The summed E-state index contributed by atoms with van der Waals surface area (Å²) in [6.45, 7) is 2.17. The number of thiophene rings is 1. The molecule has 0 saturated carbocycles. The summed E-state index contributed by atoms with van der Waals surface area (Å²) in [5.41, 5.74) is 3.03. The average Bonchev–Trinajstić information content (AvgIpc) is 3.52. The van der Waals surface area contributed by atoms with Crippen LogP contribution < -0.4 is 14.4 Å². The Bertz CT molecular complexity index is 1170. The normalized spacial score (nSPS) is 18.5. The van der Waals surface area contributed by atoms with Crippen LogP contribution in [0.5, 0.6) is 11.5 Å². The van der Waals surface area contributed by atoms with Gasteiger partial charge in [-0.3, -0.25) is 0 Å². The minimum Gasteiger partial charge on any atom is -0.486 e. The Balaban J connectivity index is 1.38. The van der Waals surface area contributed by atoms with Gasteiger partial charge in [0, 0.05) is 17.5 Å². The number of nitrogens with zero attached hydrogens (tertiary/aromatic N) is 5. The van der Waals surface area contributed by atoms with Gasteiger partial charge in [0.15, 0.2) is 23.0 Å². The van der Waals surface area contributed by atoms with Crippen molar-refractivity contribution in [2.45, 2.75) is 18.9 Å². The van der Waals surface area contributed by atoms with Crippen molar-refractivity contribution in [3.63, 3.8) is 0 Å². The summed E-state index contributed by atoms with van der Waals surface area (Å²) in [6.07, 6.45) is 2.21. The molecule has 7 nitrogen and oxygen atoms in total. The van der Waals surface area contributed by atoms with E-state index in [0.717, 1.165) is 53.7 Å². The lowest BCUT2D eigenvalue weighted by atomic mass is 10.0. The predicted molar refractivity (Wildman–Crippen MR) is 111 cm³/mol. The first-order valence-electron chi connectivity index (χ1n) is 9.78. The topological polar surface area (TPSA) is 64.8 Å². The third-order valence-electron chi connectivity index (χ3n) is 5.53. The Hall–Kier alpha value is -3.13. The molecule has 0 spiro atoms. The van der Waals surface area contributed by atoms with E-state index in [0.29, 0.717) is 13.2 Å². The molecule has 6 rings (SSSR count). The summed E-state index contributed by atoms with van der Waals surface area (Å²) in [6, 6.07) is 12.6. The number of hydrogen-bond acceptors (Lipinski definition) is 7. The third kappa shape index (κ3) is 2.82. The molecule has 1 atom stereocenters. The van der Waals surface area contributed by atoms with Gasteiger partial charge < -0.3 is 14.4 Å². The fourth-order valence-electron chi connectivity index (χ4n) is 4.16. The summed E-state index contributed by atoms with van der Waals surface area (Å²) < 4.78 is 13.3. The second kappa shape index (κ2) is 6.73. The predicted octanol–water partition coefficient (Wildman–Crippen LogP) is 3.97. The fraction of sp³-hybridized carbons (Fsp3) is 0.286. The standard InChI is InChI=1S/C21H19N5O2S/c1-2-16(14-3-4-17-18(12-14)28-10-9-27-17)25(8-1)20-6-5-19-22-23-21(26(19)24-20)15-7-11-29-13-15/h3-7,11-13,16H,1-2,8-10H2. The highest BCUT2D eigenvalue weighted by Gasteiger charge is 2.29. The summed E-state index contributed by atoms with van der Waals surface area (Å²) in [7, 11) is 0. The molecule has 0 amide bonds. The third-order valence-corrected chi connectivity index (χ3v) is 6.21. The van der Waals surface area contributed by atoms with Gasteiger partial charge in [0.25, 0.3) is 0 Å². The van der Waals surface area contributed by atoms with Crippen molar-refractivity contribution in [2.75, 3.05) is 24.7 Å². The van der Waals surface area contributed by atoms with Crippen molar-refractivity contribution < 1.29 is 9.47 Å². The van der Waals surface area contributed by atoms with Gasteiger partial charge in [0.05, 0.1) is 6.04 Å². The Morgan fingerprint density at radius 3 is 2.83 bits per heavy atom. The number of ether oxygens (including phenoxy) is 2. The van der Waals surface area contributed by atoms with E-state index in [4.69, 9.17) is 14.6 Å². The van der Waals surface area contributed by atoms with Gasteiger partial charge in [-0.2, -0.15) is 15.9 Å². The number of anilines is 1. The monoisotopic (exact) mass is 405 g/mol. The molecule has 1 fully saturated rings. The molecule has 1 aromatic carbocycles. The van der Waals surface area contributed by atoms with E-state index >= 15 is 0 Å². The molecule has 0 bridgehead atoms. The number of fused-ring (bicyclic) bond motifs is 2. The molecule has 29 heavy (non-hydrogen) atoms. The molecule has 5 heterocycles. The smallest absolute Gasteiger partial charge is 0.186 e. The maximum Gasteiger partial charge on any atom is 0.186 e. The van der Waals surface area contributed by atoms with E-state index in [1.165, 1.54) is 5.56 Å². The molecule has 0 aliphatic carbocycles. The van der Waals surface area contributed by atoms with Crippen molar-refractivity contribution >= 4 is 22.8 Å². The maximum atomic E-state index is 5.79. The largest absolute Gasteiger partial charge is 0.486 e. The first kappa shape index (κ1) is 16.8. The van der Waals surface area contributed by atoms with Crippen molar-refractivity contribution in [2.24, 2.45) is 0 Å². The quantitative estimate of drug-likeness (QED) is 0.514. The number of hydrogen-bond donors (Lipinski definition) is 0. The van der Waals surface area contributed by atoms with Crippen molar-refractivity contribution in [1.82, 2.24) is 19.8 Å². The van der Waals surface area contributed by atoms with E-state index in [2.05, 4.69) is 32.6 Å². The maximum absolute atomic E-state index is 5.79. The zero-order valence-electron chi connectivity index (χ0n) is 15.7. The van der Waals surface area contributed by atoms with Crippen LogP contribution in [0.2, 0.25) is 0 Å². The Labute approximate surface area is 171 Å². The zero-order chi connectivity index (χ0) is 19.2. The van der Waals surface area contributed by atoms with Crippen LogP contribution in [0.25, 0.3) is 17.0 Å². The molecule has 2 aliphatic heterocycles.